The van der Waals surface area contributed by atoms with Gasteiger partial charge in [-0.05, 0) is 18.1 Å². The lowest BCUT2D eigenvalue weighted by Crippen LogP contribution is -2.08. The molecule has 0 spiro atoms. The fourth-order valence-corrected chi connectivity index (χ4v) is 2.65. The number of carbonyl (C=O) groups excluding carboxylic acids is 1. The second kappa shape index (κ2) is 9.31. The number of aromatic amines is 1. The Morgan fingerprint density at radius 3 is 3.00 bits per heavy atom. The van der Waals surface area contributed by atoms with Crippen molar-refractivity contribution in [3.05, 3.63) is 48.3 Å². The van der Waals surface area contributed by atoms with Crippen LogP contribution in [0.3, 0.4) is 0 Å². The molecule has 1 aromatic carbocycles. The van der Waals surface area contributed by atoms with Crippen molar-refractivity contribution in [1.82, 2.24) is 15.0 Å². The van der Waals surface area contributed by atoms with Crippen LogP contribution in [-0.4, -0.2) is 45.3 Å². The van der Waals surface area contributed by atoms with Crippen molar-refractivity contribution in [1.29, 1.82) is 0 Å². The number of H-pyrrole nitrogens is 1. The van der Waals surface area contributed by atoms with E-state index >= 15 is 0 Å². The first-order valence-electron chi connectivity index (χ1n) is 8.77. The van der Waals surface area contributed by atoms with E-state index in [0.717, 1.165) is 6.20 Å². The van der Waals surface area contributed by atoms with Gasteiger partial charge in [-0.1, -0.05) is 6.07 Å². The second-order valence-electron chi connectivity index (χ2n) is 5.96. The molecule has 0 aliphatic carbocycles. The molecule has 2 heterocycles. The monoisotopic (exact) mass is 407 g/mol. The average Bonchev–Trinajstić information content (AvgIpc) is 3.17. The number of allylic oxidation sites excluding steroid dienone is 1. The number of amides is 1. The number of hydrogen-bond acceptors (Lipinski definition) is 7. The van der Waals surface area contributed by atoms with Gasteiger partial charge in [0.15, 0.2) is 5.82 Å². The topological polar surface area (TPSA) is 141 Å². The number of aliphatic hydroxyl groups is 1. The summed E-state index contributed by atoms with van der Waals surface area (Å²) in [5.41, 5.74) is 7.67. The molecule has 0 saturated heterocycles. The Hall–Kier alpha value is -4.23. The van der Waals surface area contributed by atoms with Crippen LogP contribution in [-0.2, 0) is 4.79 Å². The summed E-state index contributed by atoms with van der Waals surface area (Å²) in [6.45, 7) is 0.119. The van der Waals surface area contributed by atoms with Gasteiger partial charge in [-0.15, -0.1) is 6.42 Å². The van der Waals surface area contributed by atoms with E-state index in [4.69, 9.17) is 17.3 Å². The summed E-state index contributed by atoms with van der Waals surface area (Å²) in [5.74, 6) is 0.913. The molecule has 0 saturated carbocycles. The lowest BCUT2D eigenvalue weighted by Gasteiger charge is -2.07. The minimum atomic E-state index is -0.613. The third kappa shape index (κ3) is 4.60. The van der Waals surface area contributed by atoms with Crippen LogP contribution in [0.1, 0.15) is 0 Å². The molecular formula is C20H18FN7O2. The molecule has 10 heteroatoms. The standard InChI is InChI=1S/C20H18FN7O2/c1-2-18(30)26-12-3-4-14-15(10-24-17(14)7-12)19-16(21)11-25-20(28-19)27-13(8-22)9-23-5-6-29/h1,3-4,7-11,24,29H,5-6,22H2,(H,26,30)(H,25,27,28)/b13-8+,23-9?. The molecule has 0 bridgehead atoms. The van der Waals surface area contributed by atoms with E-state index in [1.54, 1.807) is 24.4 Å². The molecule has 0 aliphatic heterocycles. The molecule has 3 aromatic rings. The summed E-state index contributed by atoms with van der Waals surface area (Å²) in [6, 6.07) is 5.05. The summed E-state index contributed by atoms with van der Waals surface area (Å²) in [6.07, 6.45) is 10.4. The number of hydrogen-bond donors (Lipinski definition) is 5. The number of aliphatic hydroxyl groups excluding tert-OH is 1. The van der Waals surface area contributed by atoms with Crippen molar-refractivity contribution >= 4 is 34.7 Å². The van der Waals surface area contributed by atoms with E-state index in [1.807, 2.05) is 5.92 Å². The molecular weight excluding hydrogens is 389 g/mol. The zero-order chi connectivity index (χ0) is 21.5. The van der Waals surface area contributed by atoms with Gasteiger partial charge in [-0.25, -0.2) is 14.4 Å². The van der Waals surface area contributed by atoms with Gasteiger partial charge in [0.05, 0.1) is 25.0 Å². The van der Waals surface area contributed by atoms with Crippen molar-refractivity contribution in [2.24, 2.45) is 10.7 Å². The normalized spacial score (nSPS) is 11.6. The van der Waals surface area contributed by atoms with Gasteiger partial charge in [-0.3, -0.25) is 9.79 Å². The van der Waals surface area contributed by atoms with Crippen molar-refractivity contribution < 1.29 is 14.3 Å². The predicted molar refractivity (Wildman–Crippen MR) is 113 cm³/mol. The van der Waals surface area contributed by atoms with Gasteiger partial charge >= 0.3 is 0 Å². The van der Waals surface area contributed by atoms with E-state index in [-0.39, 0.29) is 24.8 Å². The largest absolute Gasteiger partial charge is 0.403 e. The number of rotatable bonds is 7. The van der Waals surface area contributed by atoms with Crippen molar-refractivity contribution in [3.63, 3.8) is 0 Å². The molecule has 1 amide bonds. The maximum absolute atomic E-state index is 14.5. The first kappa shape index (κ1) is 20.5. The van der Waals surface area contributed by atoms with Gasteiger partial charge in [0.1, 0.15) is 5.69 Å². The van der Waals surface area contributed by atoms with E-state index in [1.165, 1.54) is 12.4 Å². The number of terminal acetylenes is 1. The van der Waals surface area contributed by atoms with Gasteiger partial charge in [0, 0.05) is 40.8 Å². The van der Waals surface area contributed by atoms with Crippen LogP contribution in [0, 0.1) is 18.2 Å². The number of nitrogens with one attached hydrogen (secondary N) is 3. The summed E-state index contributed by atoms with van der Waals surface area (Å²) >= 11 is 0. The van der Waals surface area contributed by atoms with Gasteiger partial charge in [-0.2, -0.15) is 0 Å². The number of carbonyl (C=O) groups is 1. The molecule has 0 radical (unpaired) electrons. The molecule has 6 N–H and O–H groups in total. The number of aromatic nitrogens is 3. The fourth-order valence-electron chi connectivity index (χ4n) is 2.65. The maximum Gasteiger partial charge on any atom is 0.300 e. The van der Waals surface area contributed by atoms with Crippen molar-refractivity contribution in [2.75, 3.05) is 23.8 Å². The van der Waals surface area contributed by atoms with Crippen LogP contribution in [0.15, 0.2) is 47.5 Å². The lowest BCUT2D eigenvalue weighted by molar-refractivity contribution is -0.111. The Morgan fingerprint density at radius 2 is 2.27 bits per heavy atom. The van der Waals surface area contributed by atoms with Crippen molar-refractivity contribution in [2.45, 2.75) is 0 Å². The third-order valence-corrected chi connectivity index (χ3v) is 3.97. The highest BCUT2D eigenvalue weighted by molar-refractivity contribution is 6.05. The summed E-state index contributed by atoms with van der Waals surface area (Å²) < 4.78 is 14.5. The van der Waals surface area contributed by atoms with E-state index in [0.29, 0.717) is 27.9 Å². The highest BCUT2D eigenvalue weighted by atomic mass is 19.1. The third-order valence-electron chi connectivity index (χ3n) is 3.97. The van der Waals surface area contributed by atoms with Crippen LogP contribution in [0.25, 0.3) is 22.2 Å². The number of fused-ring (bicyclic) bond motifs is 1. The van der Waals surface area contributed by atoms with E-state index in [9.17, 15) is 9.18 Å². The number of nitrogens with zero attached hydrogens (tertiary/aromatic N) is 3. The summed E-state index contributed by atoms with van der Waals surface area (Å²) in [5, 5.41) is 14.9. The SMILES string of the molecule is C#CC(=O)Nc1ccc2c(-c3nc(N/C(C=NCCO)=C/N)ncc3F)c[nH]c2c1. The Balaban J connectivity index is 1.92. The number of nitrogens with two attached hydrogens (primary N) is 1. The molecule has 152 valence electrons. The molecule has 0 fully saturated rings. The molecule has 2 aromatic heterocycles. The minimum absolute atomic E-state index is 0.0721. The van der Waals surface area contributed by atoms with Gasteiger partial charge < -0.3 is 26.5 Å². The predicted octanol–water partition coefficient (Wildman–Crippen LogP) is 1.61. The number of benzene rings is 1. The van der Waals surface area contributed by atoms with Crippen LogP contribution in [0.5, 0.6) is 0 Å². The maximum atomic E-state index is 14.5. The van der Waals surface area contributed by atoms with Crippen LogP contribution in [0.4, 0.5) is 16.0 Å². The number of aliphatic imine (C=N–C) groups is 1. The minimum Gasteiger partial charge on any atom is -0.403 e. The summed E-state index contributed by atoms with van der Waals surface area (Å²) in [4.78, 5) is 26.5. The molecule has 0 aliphatic rings. The molecule has 3 rings (SSSR count). The first-order valence-corrected chi connectivity index (χ1v) is 8.77. The highest BCUT2D eigenvalue weighted by Gasteiger charge is 2.15. The van der Waals surface area contributed by atoms with Gasteiger partial charge in [0.25, 0.3) is 5.91 Å². The Bertz CT molecular complexity index is 1180. The Morgan fingerprint density at radius 1 is 1.43 bits per heavy atom. The fraction of sp³-hybridized carbons (Fsp3) is 0.100. The van der Waals surface area contributed by atoms with E-state index < -0.39 is 11.7 Å². The Labute approximate surface area is 171 Å². The quantitative estimate of drug-likeness (QED) is 0.298. The first-order chi connectivity index (χ1) is 14.5. The molecule has 30 heavy (non-hydrogen) atoms. The molecule has 0 unspecified atom stereocenters. The van der Waals surface area contributed by atoms with Crippen LogP contribution in [0.2, 0.25) is 0 Å². The number of anilines is 2. The van der Waals surface area contributed by atoms with Gasteiger partial charge in [0.2, 0.25) is 5.95 Å². The zero-order valence-corrected chi connectivity index (χ0v) is 15.7. The molecule has 9 nitrogen and oxygen atoms in total. The van der Waals surface area contributed by atoms with E-state index in [2.05, 4.69) is 30.6 Å². The smallest absolute Gasteiger partial charge is 0.300 e. The average molecular weight is 407 g/mol. The zero-order valence-electron chi connectivity index (χ0n) is 15.7. The Kier molecular flexibility index (Phi) is 6.36. The second-order valence-corrected chi connectivity index (χ2v) is 5.96. The lowest BCUT2D eigenvalue weighted by atomic mass is 10.1. The van der Waals surface area contributed by atoms with Crippen LogP contribution >= 0.6 is 0 Å². The molecule has 0 atom stereocenters. The van der Waals surface area contributed by atoms with Crippen molar-refractivity contribution in [3.8, 4) is 23.6 Å². The van der Waals surface area contributed by atoms with Crippen LogP contribution < -0.4 is 16.4 Å². The highest BCUT2D eigenvalue weighted by Crippen LogP contribution is 2.31. The summed E-state index contributed by atoms with van der Waals surface area (Å²) in [7, 11) is 0. The number of halogens is 1.